The molecule has 1 amide bonds. The largest absolute Gasteiger partial charge is 0.412 e. The lowest BCUT2D eigenvalue weighted by molar-refractivity contribution is 0.0990. The third-order valence-corrected chi connectivity index (χ3v) is 3.56. The minimum atomic E-state index is -0.406. The van der Waals surface area contributed by atoms with E-state index in [4.69, 9.17) is 4.42 Å². The molecule has 0 unspecified atom stereocenters. The second kappa shape index (κ2) is 6.44. The van der Waals surface area contributed by atoms with E-state index in [-0.39, 0.29) is 5.89 Å². The van der Waals surface area contributed by atoms with Gasteiger partial charge in [0.25, 0.3) is 0 Å². The van der Waals surface area contributed by atoms with Gasteiger partial charge in [-0.1, -0.05) is 42.8 Å². The molecule has 1 heterocycles. The molecule has 5 nitrogen and oxygen atoms in total. The maximum atomic E-state index is 12.3. The van der Waals surface area contributed by atoms with Crippen LogP contribution in [-0.4, -0.2) is 16.1 Å². The Labute approximate surface area is 134 Å². The molecule has 23 heavy (non-hydrogen) atoms. The second-order valence-corrected chi connectivity index (χ2v) is 5.24. The summed E-state index contributed by atoms with van der Waals surface area (Å²) in [7, 11) is 0. The Morgan fingerprint density at radius 2 is 1.83 bits per heavy atom. The maximum absolute atomic E-state index is 12.3. The highest BCUT2D eigenvalue weighted by atomic mass is 16.4. The van der Waals surface area contributed by atoms with Crippen LogP contribution in [0.2, 0.25) is 0 Å². The van der Waals surface area contributed by atoms with E-state index in [2.05, 4.69) is 15.5 Å². The number of carbonyl (C=O) groups excluding carboxylic acids is 1. The van der Waals surface area contributed by atoms with Crippen molar-refractivity contribution in [2.75, 3.05) is 5.32 Å². The SMILES string of the molecule is CCc1ccccc1NC(=O)c1nnc(-c2ccc(C)cc2)o1. The van der Waals surface area contributed by atoms with Crippen molar-refractivity contribution in [1.82, 2.24) is 10.2 Å². The molecule has 2 aromatic carbocycles. The summed E-state index contributed by atoms with van der Waals surface area (Å²) >= 11 is 0. The fourth-order valence-corrected chi connectivity index (χ4v) is 2.25. The van der Waals surface area contributed by atoms with Crippen LogP contribution in [0.25, 0.3) is 11.5 Å². The number of anilines is 1. The highest BCUT2D eigenvalue weighted by Gasteiger charge is 2.16. The molecule has 1 N–H and O–H groups in total. The van der Waals surface area contributed by atoms with Gasteiger partial charge in [0.05, 0.1) is 0 Å². The van der Waals surface area contributed by atoms with E-state index in [1.165, 1.54) is 0 Å². The zero-order chi connectivity index (χ0) is 16.2. The molecule has 1 aromatic heterocycles. The van der Waals surface area contributed by atoms with Gasteiger partial charge >= 0.3 is 11.8 Å². The van der Waals surface area contributed by atoms with Crippen molar-refractivity contribution in [1.29, 1.82) is 0 Å². The van der Waals surface area contributed by atoms with E-state index in [9.17, 15) is 4.79 Å². The predicted molar refractivity (Wildman–Crippen MR) is 88.2 cm³/mol. The third kappa shape index (κ3) is 3.29. The van der Waals surface area contributed by atoms with Crippen LogP contribution in [0.3, 0.4) is 0 Å². The first-order chi connectivity index (χ1) is 11.2. The fraction of sp³-hybridized carbons (Fsp3) is 0.167. The molecule has 0 bridgehead atoms. The molecule has 0 spiro atoms. The Hall–Kier alpha value is -2.95. The van der Waals surface area contributed by atoms with Crippen LogP contribution in [0, 0.1) is 6.92 Å². The average molecular weight is 307 g/mol. The molecule has 0 saturated heterocycles. The van der Waals surface area contributed by atoms with Crippen LogP contribution in [0.4, 0.5) is 5.69 Å². The summed E-state index contributed by atoms with van der Waals surface area (Å²) in [4.78, 5) is 12.3. The highest BCUT2D eigenvalue weighted by molar-refractivity contribution is 6.01. The minimum Gasteiger partial charge on any atom is -0.412 e. The molecule has 0 radical (unpaired) electrons. The van der Waals surface area contributed by atoms with Gasteiger partial charge in [-0.25, -0.2) is 0 Å². The van der Waals surface area contributed by atoms with Crippen molar-refractivity contribution in [2.45, 2.75) is 20.3 Å². The lowest BCUT2D eigenvalue weighted by atomic mass is 10.1. The van der Waals surface area contributed by atoms with Gasteiger partial charge in [-0.2, -0.15) is 0 Å². The fourth-order valence-electron chi connectivity index (χ4n) is 2.25. The van der Waals surface area contributed by atoms with Gasteiger partial charge in [-0.3, -0.25) is 4.79 Å². The first kappa shape index (κ1) is 15.0. The van der Waals surface area contributed by atoms with Gasteiger partial charge in [-0.15, -0.1) is 10.2 Å². The summed E-state index contributed by atoms with van der Waals surface area (Å²) in [5.74, 6) is -0.123. The first-order valence-electron chi connectivity index (χ1n) is 7.47. The van der Waals surface area contributed by atoms with E-state index in [0.29, 0.717) is 5.89 Å². The van der Waals surface area contributed by atoms with Gasteiger partial charge in [-0.05, 0) is 37.1 Å². The van der Waals surface area contributed by atoms with E-state index >= 15 is 0 Å². The number of nitrogens with zero attached hydrogens (tertiary/aromatic N) is 2. The molecular formula is C18H17N3O2. The molecule has 3 aromatic rings. The summed E-state index contributed by atoms with van der Waals surface area (Å²) in [6, 6.07) is 15.3. The normalized spacial score (nSPS) is 10.5. The summed E-state index contributed by atoms with van der Waals surface area (Å²) in [6.07, 6.45) is 0.828. The molecule has 0 aliphatic rings. The molecule has 0 aliphatic carbocycles. The summed E-state index contributed by atoms with van der Waals surface area (Å²) in [5, 5.41) is 10.6. The van der Waals surface area contributed by atoms with Crippen molar-refractivity contribution in [3.8, 4) is 11.5 Å². The lowest BCUT2D eigenvalue weighted by Crippen LogP contribution is -2.13. The minimum absolute atomic E-state index is 0.0496. The first-order valence-corrected chi connectivity index (χ1v) is 7.47. The van der Waals surface area contributed by atoms with Crippen LogP contribution < -0.4 is 5.32 Å². The van der Waals surface area contributed by atoms with Crippen LogP contribution in [-0.2, 0) is 6.42 Å². The van der Waals surface area contributed by atoms with Gasteiger partial charge in [0.1, 0.15) is 0 Å². The standard InChI is InChI=1S/C18H17N3O2/c1-3-13-6-4-5-7-15(13)19-16(22)18-21-20-17(23-18)14-10-8-12(2)9-11-14/h4-11H,3H2,1-2H3,(H,19,22). The molecule has 0 aliphatic heterocycles. The Balaban J connectivity index is 1.80. The maximum Gasteiger partial charge on any atom is 0.313 e. The van der Waals surface area contributed by atoms with Crippen molar-refractivity contribution in [3.05, 3.63) is 65.5 Å². The van der Waals surface area contributed by atoms with Crippen molar-refractivity contribution in [2.24, 2.45) is 0 Å². The quantitative estimate of drug-likeness (QED) is 0.794. The Bertz CT molecular complexity index is 822. The number of hydrogen-bond donors (Lipinski definition) is 1. The van der Waals surface area contributed by atoms with Crippen LogP contribution in [0.1, 0.15) is 28.7 Å². The molecule has 116 valence electrons. The molecule has 0 saturated carbocycles. The van der Waals surface area contributed by atoms with Crippen LogP contribution >= 0.6 is 0 Å². The van der Waals surface area contributed by atoms with Gasteiger partial charge in [0.2, 0.25) is 5.89 Å². The van der Waals surface area contributed by atoms with Gasteiger partial charge in [0.15, 0.2) is 0 Å². The number of para-hydroxylation sites is 1. The third-order valence-electron chi connectivity index (χ3n) is 3.56. The number of nitrogens with one attached hydrogen (secondary N) is 1. The number of carbonyl (C=O) groups is 1. The van der Waals surface area contributed by atoms with Crippen LogP contribution in [0.5, 0.6) is 0 Å². The Morgan fingerprint density at radius 3 is 2.57 bits per heavy atom. The molecular weight excluding hydrogens is 290 g/mol. The smallest absolute Gasteiger partial charge is 0.313 e. The topological polar surface area (TPSA) is 68.0 Å². The monoisotopic (exact) mass is 307 g/mol. The zero-order valence-electron chi connectivity index (χ0n) is 13.0. The van der Waals surface area contributed by atoms with E-state index in [0.717, 1.165) is 28.8 Å². The Morgan fingerprint density at radius 1 is 1.09 bits per heavy atom. The summed E-state index contributed by atoms with van der Waals surface area (Å²) in [6.45, 7) is 4.04. The number of benzene rings is 2. The number of hydrogen-bond acceptors (Lipinski definition) is 4. The van der Waals surface area contributed by atoms with Crippen molar-refractivity contribution < 1.29 is 9.21 Å². The molecule has 3 rings (SSSR count). The Kier molecular flexibility index (Phi) is 4.19. The summed E-state index contributed by atoms with van der Waals surface area (Å²) < 4.78 is 5.48. The highest BCUT2D eigenvalue weighted by Crippen LogP contribution is 2.20. The zero-order valence-corrected chi connectivity index (χ0v) is 13.0. The van der Waals surface area contributed by atoms with E-state index < -0.39 is 5.91 Å². The van der Waals surface area contributed by atoms with Crippen molar-refractivity contribution in [3.63, 3.8) is 0 Å². The molecule has 0 atom stereocenters. The van der Waals surface area contributed by atoms with E-state index in [1.807, 2.05) is 62.4 Å². The molecule has 5 heteroatoms. The predicted octanol–water partition coefficient (Wildman–Crippen LogP) is 3.86. The number of rotatable bonds is 4. The summed E-state index contributed by atoms with van der Waals surface area (Å²) in [5.41, 5.74) is 3.74. The molecule has 0 fully saturated rings. The van der Waals surface area contributed by atoms with Crippen LogP contribution in [0.15, 0.2) is 52.9 Å². The lowest BCUT2D eigenvalue weighted by Gasteiger charge is -2.07. The second-order valence-electron chi connectivity index (χ2n) is 5.24. The van der Waals surface area contributed by atoms with Gasteiger partial charge < -0.3 is 9.73 Å². The van der Waals surface area contributed by atoms with Crippen molar-refractivity contribution >= 4 is 11.6 Å². The number of aryl methyl sites for hydroxylation is 2. The van der Waals surface area contributed by atoms with E-state index in [1.54, 1.807) is 0 Å². The van der Waals surface area contributed by atoms with Gasteiger partial charge in [0, 0.05) is 11.3 Å². The average Bonchev–Trinajstić information content (AvgIpc) is 3.06. The number of amides is 1. The number of aromatic nitrogens is 2.